The van der Waals surface area contributed by atoms with Crippen molar-refractivity contribution in [3.8, 4) is 16.9 Å². The van der Waals surface area contributed by atoms with Gasteiger partial charge in [-0.3, -0.25) is 0 Å². The van der Waals surface area contributed by atoms with Crippen molar-refractivity contribution in [3.05, 3.63) is 88.9 Å². The van der Waals surface area contributed by atoms with Gasteiger partial charge in [-0.05, 0) is 48.4 Å². The highest BCUT2D eigenvalue weighted by Crippen LogP contribution is 2.27. The Kier molecular flexibility index (Phi) is 5.05. The molecular weight excluding hydrogens is 336 g/mol. The molecule has 0 radical (unpaired) electrons. The van der Waals surface area contributed by atoms with E-state index in [9.17, 15) is 9.90 Å². The first-order chi connectivity index (χ1) is 12.0. The molecule has 0 aliphatic heterocycles. The molecule has 3 nitrogen and oxygen atoms in total. The van der Waals surface area contributed by atoms with Gasteiger partial charge in [0.25, 0.3) is 0 Å². The molecule has 0 unspecified atom stereocenters. The number of halogens is 1. The zero-order valence-corrected chi connectivity index (χ0v) is 14.4. The van der Waals surface area contributed by atoms with Gasteiger partial charge >= 0.3 is 5.97 Å². The Morgan fingerprint density at radius 1 is 0.920 bits per heavy atom. The fourth-order valence-electron chi connectivity index (χ4n) is 2.55. The Balaban J connectivity index is 1.72. The molecular formula is C21H17ClO3. The van der Waals surface area contributed by atoms with Gasteiger partial charge in [0, 0.05) is 10.6 Å². The van der Waals surface area contributed by atoms with E-state index in [0.717, 1.165) is 16.7 Å². The second-order valence-corrected chi connectivity index (χ2v) is 6.10. The number of ether oxygens (including phenoxy) is 1. The summed E-state index contributed by atoms with van der Waals surface area (Å²) in [5.41, 5.74) is 3.16. The maximum Gasteiger partial charge on any atom is 0.338 e. The van der Waals surface area contributed by atoms with Crippen LogP contribution in [0.4, 0.5) is 0 Å². The van der Waals surface area contributed by atoms with Gasteiger partial charge in [-0.15, -0.1) is 0 Å². The highest BCUT2D eigenvalue weighted by molar-refractivity contribution is 6.31. The van der Waals surface area contributed by atoms with Crippen molar-refractivity contribution in [2.75, 3.05) is 0 Å². The summed E-state index contributed by atoms with van der Waals surface area (Å²) in [7, 11) is 0. The second-order valence-electron chi connectivity index (χ2n) is 5.69. The number of esters is 1. The van der Waals surface area contributed by atoms with E-state index in [-0.39, 0.29) is 5.75 Å². The molecule has 0 heterocycles. The van der Waals surface area contributed by atoms with E-state index in [2.05, 4.69) is 0 Å². The molecule has 126 valence electrons. The minimum atomic E-state index is -0.432. The van der Waals surface area contributed by atoms with Crippen LogP contribution in [0.15, 0.2) is 72.8 Å². The molecule has 0 aliphatic rings. The monoisotopic (exact) mass is 352 g/mol. The van der Waals surface area contributed by atoms with Crippen LogP contribution < -0.4 is 0 Å². The maximum atomic E-state index is 12.3. The van der Waals surface area contributed by atoms with Gasteiger partial charge in [-0.1, -0.05) is 54.1 Å². The molecule has 3 aromatic carbocycles. The Bertz CT molecular complexity index is 870. The molecule has 0 amide bonds. The summed E-state index contributed by atoms with van der Waals surface area (Å²) in [6.45, 7) is 1.80. The number of rotatable bonds is 4. The van der Waals surface area contributed by atoms with Crippen LogP contribution in [0.25, 0.3) is 11.1 Å². The van der Waals surface area contributed by atoms with Crippen LogP contribution in [0, 0.1) is 0 Å². The van der Waals surface area contributed by atoms with Crippen LogP contribution in [0.3, 0.4) is 0 Å². The van der Waals surface area contributed by atoms with Gasteiger partial charge in [0.05, 0.1) is 5.56 Å². The second kappa shape index (κ2) is 7.41. The van der Waals surface area contributed by atoms with Crippen LogP contribution >= 0.6 is 11.6 Å². The minimum Gasteiger partial charge on any atom is -0.508 e. The Morgan fingerprint density at radius 2 is 1.48 bits per heavy atom. The normalized spacial score (nSPS) is 11.8. The molecule has 0 aliphatic carbocycles. The third-order valence-electron chi connectivity index (χ3n) is 3.95. The molecule has 25 heavy (non-hydrogen) atoms. The summed E-state index contributed by atoms with van der Waals surface area (Å²) in [4.78, 5) is 12.3. The summed E-state index contributed by atoms with van der Waals surface area (Å²) in [5, 5.41) is 9.92. The molecule has 3 rings (SSSR count). The van der Waals surface area contributed by atoms with Gasteiger partial charge in [-0.2, -0.15) is 0 Å². The first-order valence-electron chi connectivity index (χ1n) is 7.89. The maximum absolute atomic E-state index is 12.3. The first-order valence-corrected chi connectivity index (χ1v) is 8.27. The zero-order valence-electron chi connectivity index (χ0n) is 13.6. The average Bonchev–Trinajstić information content (AvgIpc) is 2.63. The predicted octanol–water partition coefficient (Wildman–Crippen LogP) is 5.63. The molecule has 0 aromatic heterocycles. The molecule has 0 spiro atoms. The van der Waals surface area contributed by atoms with Crippen molar-refractivity contribution >= 4 is 17.6 Å². The van der Waals surface area contributed by atoms with E-state index in [0.29, 0.717) is 10.6 Å². The third kappa shape index (κ3) is 4.01. The molecule has 4 heteroatoms. The van der Waals surface area contributed by atoms with Gasteiger partial charge in [0.1, 0.15) is 11.9 Å². The van der Waals surface area contributed by atoms with Crippen LogP contribution in [0.1, 0.15) is 28.9 Å². The molecule has 0 saturated heterocycles. The first kappa shape index (κ1) is 17.1. The van der Waals surface area contributed by atoms with Crippen molar-refractivity contribution in [3.63, 3.8) is 0 Å². The van der Waals surface area contributed by atoms with Gasteiger partial charge in [0.15, 0.2) is 0 Å². The van der Waals surface area contributed by atoms with E-state index >= 15 is 0 Å². The number of benzene rings is 3. The third-order valence-corrected chi connectivity index (χ3v) is 4.29. The lowest BCUT2D eigenvalue weighted by Gasteiger charge is -2.15. The van der Waals surface area contributed by atoms with Crippen LogP contribution in [-0.2, 0) is 4.74 Å². The van der Waals surface area contributed by atoms with Gasteiger partial charge < -0.3 is 9.84 Å². The molecule has 1 N–H and O–H groups in total. The fraction of sp³-hybridized carbons (Fsp3) is 0.0952. The lowest BCUT2D eigenvalue weighted by atomic mass is 10.0. The molecule has 0 saturated carbocycles. The van der Waals surface area contributed by atoms with E-state index < -0.39 is 12.1 Å². The lowest BCUT2D eigenvalue weighted by Crippen LogP contribution is -2.09. The number of aromatic hydroxyl groups is 1. The van der Waals surface area contributed by atoms with E-state index in [1.807, 2.05) is 42.5 Å². The number of carbonyl (C=O) groups is 1. The van der Waals surface area contributed by atoms with E-state index in [1.54, 1.807) is 37.3 Å². The number of phenols is 1. The number of hydrogen-bond acceptors (Lipinski definition) is 3. The van der Waals surface area contributed by atoms with Crippen molar-refractivity contribution in [2.45, 2.75) is 13.0 Å². The highest BCUT2D eigenvalue weighted by Gasteiger charge is 2.15. The van der Waals surface area contributed by atoms with E-state index in [1.165, 1.54) is 0 Å². The predicted molar refractivity (Wildman–Crippen MR) is 98.8 cm³/mol. The zero-order chi connectivity index (χ0) is 17.8. The van der Waals surface area contributed by atoms with Crippen molar-refractivity contribution in [1.82, 2.24) is 0 Å². The molecule has 1 atom stereocenters. The number of phenolic OH excluding ortho intramolecular Hbond substituents is 1. The smallest absolute Gasteiger partial charge is 0.338 e. The minimum absolute atomic E-state index is 0.220. The Labute approximate surface area is 151 Å². The largest absolute Gasteiger partial charge is 0.508 e. The van der Waals surface area contributed by atoms with Crippen LogP contribution in [0.5, 0.6) is 5.75 Å². The Hall–Kier alpha value is -2.78. The lowest BCUT2D eigenvalue weighted by molar-refractivity contribution is 0.0338. The average molecular weight is 353 g/mol. The van der Waals surface area contributed by atoms with Gasteiger partial charge in [-0.25, -0.2) is 4.79 Å². The number of hydrogen-bond donors (Lipinski definition) is 1. The van der Waals surface area contributed by atoms with Crippen molar-refractivity contribution < 1.29 is 14.6 Å². The number of carbonyl (C=O) groups excluding carboxylic acids is 1. The standard InChI is InChI=1S/C21H17ClO3/c1-14(19-4-2-3-5-20(19)22)25-21(24)17-8-6-15(7-9-17)16-10-12-18(23)13-11-16/h2-14,23H,1H3/t14-/m1/s1. The van der Waals surface area contributed by atoms with Gasteiger partial charge in [0.2, 0.25) is 0 Å². The highest BCUT2D eigenvalue weighted by atomic mass is 35.5. The summed E-state index contributed by atoms with van der Waals surface area (Å²) in [6, 6.07) is 21.4. The quantitative estimate of drug-likeness (QED) is 0.619. The van der Waals surface area contributed by atoms with E-state index in [4.69, 9.17) is 16.3 Å². The van der Waals surface area contributed by atoms with Crippen molar-refractivity contribution in [2.24, 2.45) is 0 Å². The SMILES string of the molecule is C[C@@H](OC(=O)c1ccc(-c2ccc(O)cc2)cc1)c1ccccc1Cl. The van der Waals surface area contributed by atoms with Crippen molar-refractivity contribution in [1.29, 1.82) is 0 Å². The molecule has 0 bridgehead atoms. The molecule has 3 aromatic rings. The fourth-order valence-corrected chi connectivity index (χ4v) is 2.84. The summed E-state index contributed by atoms with van der Waals surface area (Å²) >= 11 is 6.14. The topological polar surface area (TPSA) is 46.5 Å². The van der Waals surface area contributed by atoms with Crippen LogP contribution in [-0.4, -0.2) is 11.1 Å². The summed E-state index contributed by atoms with van der Waals surface area (Å²) in [5.74, 6) is -0.179. The van der Waals surface area contributed by atoms with Crippen LogP contribution in [0.2, 0.25) is 5.02 Å². The summed E-state index contributed by atoms with van der Waals surface area (Å²) in [6.07, 6.45) is -0.432. The Morgan fingerprint density at radius 3 is 2.08 bits per heavy atom. The molecule has 0 fully saturated rings. The summed E-state index contributed by atoms with van der Waals surface area (Å²) < 4.78 is 5.51.